The Morgan fingerprint density at radius 3 is 1.17 bits per heavy atom. The molecular weight excluding hydrogens is 1680 g/mol. The lowest BCUT2D eigenvalue weighted by atomic mass is 9.81. The van der Waals surface area contributed by atoms with E-state index < -0.39 is 48.0 Å². The molecule has 7 N–H and O–H groups in total. The number of nitrogen functional groups attached to an aromatic ring is 2. The second-order valence-corrected chi connectivity index (χ2v) is 27.9. The molecule has 8 aromatic carbocycles. The number of benzene rings is 8. The monoisotopic (exact) mass is 1770 g/mol. The number of carbonyl (C=O) groups excluding carboxylic acids is 4. The van der Waals surface area contributed by atoms with Crippen molar-refractivity contribution in [3.8, 4) is 91.8 Å². The largest absolute Gasteiger partial charge is 0.508 e. The molecule has 0 radical (unpaired) electrons. The van der Waals surface area contributed by atoms with Gasteiger partial charge in [0, 0.05) is 105 Å². The van der Waals surface area contributed by atoms with Crippen LogP contribution in [0.15, 0.2) is 188 Å². The van der Waals surface area contributed by atoms with Crippen LogP contribution in [0.5, 0.6) is 23.0 Å². The van der Waals surface area contributed by atoms with Gasteiger partial charge in [0.2, 0.25) is 23.9 Å². The first-order valence-electron chi connectivity index (χ1n) is 38.9. The minimum atomic E-state index is -0.895. The number of anilines is 3. The molecule has 11 aromatic rings. The molecule has 0 saturated carbocycles. The summed E-state index contributed by atoms with van der Waals surface area (Å²) in [6.07, 6.45) is 13.1. The number of methoxy groups -OCH3 is 6. The molecule has 2 aliphatic rings. The number of carbonyl (C=O) groups is 3. The smallest absolute Gasteiger partial charge is 0.496 e. The zero-order valence-electron chi connectivity index (χ0n) is 72.1. The summed E-state index contributed by atoms with van der Waals surface area (Å²) >= 11 is 4.60. The lowest BCUT2D eigenvalue weighted by Crippen LogP contribution is -2.41. The number of isocyanates is 1. The van der Waals surface area contributed by atoms with E-state index in [2.05, 4.69) is 78.7 Å². The zero-order chi connectivity index (χ0) is 93.9. The van der Waals surface area contributed by atoms with Gasteiger partial charge in [-0.1, -0.05) is 66.7 Å². The van der Waals surface area contributed by atoms with Gasteiger partial charge in [-0.15, -0.1) is 0 Å². The van der Waals surface area contributed by atoms with Gasteiger partial charge in [-0.2, -0.15) is 21.0 Å². The van der Waals surface area contributed by atoms with Gasteiger partial charge in [0.05, 0.1) is 129 Å². The number of ether oxygens (including phenoxy) is 8. The Bertz CT molecular complexity index is 5750. The van der Waals surface area contributed by atoms with Crippen molar-refractivity contribution in [1.29, 1.82) is 21.0 Å². The minimum absolute atomic E-state index is 0.161. The van der Waals surface area contributed by atoms with Crippen molar-refractivity contribution in [2.45, 2.75) is 91.6 Å². The second kappa shape index (κ2) is 52.0. The Morgan fingerprint density at radius 2 is 0.867 bits per heavy atom. The molecule has 0 aliphatic carbocycles. The van der Waals surface area contributed by atoms with Gasteiger partial charge in [0.15, 0.2) is 0 Å². The summed E-state index contributed by atoms with van der Waals surface area (Å²) in [4.78, 5) is 68.1. The first-order valence-corrected chi connectivity index (χ1v) is 39.3. The fraction of sp³-hybridized carbons (Fsp3) is 0.261. The molecule has 0 atom stereocenters. The van der Waals surface area contributed by atoms with E-state index in [0.717, 1.165) is 24.2 Å². The van der Waals surface area contributed by atoms with Crippen LogP contribution in [0.1, 0.15) is 110 Å². The molecule has 3 aromatic heterocycles. The minimum Gasteiger partial charge on any atom is -0.496 e. The number of aromatic nitrogens is 6. The Kier molecular flexibility index (Phi) is 41.4. The maximum Gasteiger partial charge on any atom is 0.508 e. The molecule has 30 nitrogen and oxygen atoms in total. The molecule has 0 spiro atoms. The number of rotatable bonds is 19. The third-order valence-corrected chi connectivity index (χ3v) is 18.8. The number of aliphatic hydroxyl groups is 1. The Morgan fingerprint density at radius 1 is 0.523 bits per heavy atom. The molecule has 128 heavy (non-hydrogen) atoms. The quantitative estimate of drug-likeness (QED) is 0.0125. The summed E-state index contributed by atoms with van der Waals surface area (Å²) in [6.45, 7) is 14.0. The lowest BCUT2D eigenvalue weighted by molar-refractivity contribution is 0.00578. The van der Waals surface area contributed by atoms with Crippen molar-refractivity contribution in [3.63, 3.8) is 0 Å². The molecular formula is C92H93BClF4N15O15. The van der Waals surface area contributed by atoms with Gasteiger partial charge in [0.25, 0.3) is 0 Å². The SMILES string of the molecule is C1CCOC1.CC1(C)OB(c2cnc(N)nc2)OC1(C)C.CCN=C=O.CCNC(=O)Nc1ncc(Cc2ccc(OC)c(-c3cccc(C#N)c3)c2F)cn1.COC(=O)Cl.COC(=O)OCc1ccc(OC)c(-c2cccc(C#N)c2)c1F.COc1ccc(CO)c(F)c1-c1cccc(C#N)c1.COc1ccc(Cc2cnc(N)nc2)c(F)c1-c1cccc(C#N)c1. The lowest BCUT2D eigenvalue weighted by Gasteiger charge is -2.32. The zero-order valence-corrected chi connectivity index (χ0v) is 72.9. The number of aliphatic imine (C=N–C) groups is 1. The highest BCUT2D eigenvalue weighted by molar-refractivity contribution is 6.62. The average Bonchev–Trinajstić information content (AvgIpc) is 1.64. The van der Waals surface area contributed by atoms with Crippen LogP contribution in [0.3, 0.4) is 0 Å². The maximum absolute atomic E-state index is 15.4. The van der Waals surface area contributed by atoms with Gasteiger partial charge in [-0.3, -0.25) is 5.32 Å². The van der Waals surface area contributed by atoms with Crippen LogP contribution < -0.4 is 46.5 Å². The van der Waals surface area contributed by atoms with Crippen molar-refractivity contribution in [2.75, 3.05) is 85.7 Å². The topological polar surface area (TPSA) is 442 Å². The number of halogens is 5. The molecule has 13 rings (SSSR count). The van der Waals surface area contributed by atoms with Crippen LogP contribution in [-0.4, -0.2) is 146 Å². The maximum atomic E-state index is 15.4. The van der Waals surface area contributed by atoms with Crippen molar-refractivity contribution in [1.82, 2.24) is 35.2 Å². The average molecular weight is 1770 g/mol. The number of urea groups is 1. The van der Waals surface area contributed by atoms with Gasteiger partial charge < -0.3 is 69.1 Å². The van der Waals surface area contributed by atoms with Crippen molar-refractivity contribution in [3.05, 3.63) is 262 Å². The van der Waals surface area contributed by atoms with Gasteiger partial charge in [0.1, 0.15) is 52.9 Å². The van der Waals surface area contributed by atoms with Gasteiger partial charge in [-0.05, 0) is 178 Å². The van der Waals surface area contributed by atoms with E-state index in [9.17, 15) is 23.2 Å². The highest BCUT2D eigenvalue weighted by Gasteiger charge is 2.52. The number of hydrogen-bond acceptors (Lipinski definition) is 28. The molecule has 2 fully saturated rings. The van der Waals surface area contributed by atoms with E-state index >= 15 is 8.78 Å². The predicted octanol–water partition coefficient (Wildman–Crippen LogP) is 16.2. The van der Waals surface area contributed by atoms with Crippen LogP contribution in [0, 0.1) is 68.6 Å². The van der Waals surface area contributed by atoms with Gasteiger partial charge in [-0.25, -0.2) is 71.6 Å². The Balaban J connectivity index is 0.000000239. The Hall–Kier alpha value is -14.9. The fourth-order valence-corrected chi connectivity index (χ4v) is 11.6. The molecule has 2 amide bonds. The number of amides is 2. The molecule has 2 aliphatic heterocycles. The predicted molar refractivity (Wildman–Crippen MR) is 471 cm³/mol. The summed E-state index contributed by atoms with van der Waals surface area (Å²) in [5.74, 6) is 0.112. The number of hydrogen-bond donors (Lipinski definition) is 5. The van der Waals surface area contributed by atoms with E-state index in [1.807, 2.05) is 39.8 Å². The molecule has 36 heteroatoms. The van der Waals surface area contributed by atoms with Crippen molar-refractivity contribution < 1.29 is 89.0 Å². The van der Waals surface area contributed by atoms with E-state index in [-0.39, 0.29) is 70.9 Å². The molecule has 0 unspecified atom stereocenters. The summed E-state index contributed by atoms with van der Waals surface area (Å²) in [5, 5.41) is 50.3. The van der Waals surface area contributed by atoms with Crippen molar-refractivity contribution >= 4 is 65.7 Å². The van der Waals surface area contributed by atoms with Gasteiger partial charge >= 0.3 is 24.7 Å². The number of nitriles is 4. The van der Waals surface area contributed by atoms with Crippen LogP contribution >= 0.6 is 11.6 Å². The third-order valence-electron chi connectivity index (χ3n) is 18.6. The van der Waals surface area contributed by atoms with E-state index in [1.165, 1.54) is 86.1 Å². The van der Waals surface area contributed by atoms with Crippen molar-refractivity contribution in [2.24, 2.45) is 4.99 Å². The summed E-state index contributed by atoms with van der Waals surface area (Å²) in [6, 6.07) is 47.2. The highest BCUT2D eigenvalue weighted by Crippen LogP contribution is 2.41. The summed E-state index contributed by atoms with van der Waals surface area (Å²) < 4.78 is 110. The second-order valence-electron chi connectivity index (χ2n) is 27.6. The van der Waals surface area contributed by atoms with E-state index in [0.29, 0.717) is 115 Å². The summed E-state index contributed by atoms with van der Waals surface area (Å²) in [5.41, 5.74) is 17.9. The first kappa shape index (κ1) is 102. The fourth-order valence-electron chi connectivity index (χ4n) is 11.6. The molecule has 0 bridgehead atoms. The third kappa shape index (κ3) is 30.2. The van der Waals surface area contributed by atoms with Crippen LogP contribution in [0.2, 0.25) is 0 Å². The number of nitrogens with one attached hydrogen (secondary N) is 2. The van der Waals surface area contributed by atoms with Crippen LogP contribution in [0.25, 0.3) is 44.5 Å². The molecule has 2 saturated heterocycles. The van der Waals surface area contributed by atoms with Crippen LogP contribution in [0.4, 0.5) is 49.8 Å². The van der Waals surface area contributed by atoms with E-state index in [1.54, 1.807) is 172 Å². The van der Waals surface area contributed by atoms with Crippen LogP contribution in [-0.2, 0) is 59.1 Å². The molecule has 5 heterocycles. The highest BCUT2D eigenvalue weighted by atomic mass is 35.5. The summed E-state index contributed by atoms with van der Waals surface area (Å²) in [7, 11) is 7.80. The van der Waals surface area contributed by atoms with E-state index in [4.69, 9.17) is 80.1 Å². The Labute approximate surface area is 743 Å². The number of nitrogens with zero attached hydrogens (tertiary/aromatic N) is 11. The number of aliphatic hydroxyl groups excluding tert-OH is 1. The normalized spacial score (nSPS) is 11.9. The first-order chi connectivity index (χ1) is 61.5. The molecule has 664 valence electrons. The standard InChI is InChI=1S/C22H20FN5O2.C19H15FN4O.C17H14FNO4.C15H12FNO2.C10H16BN3O2.C4H8O.C3H5NO.C2H3ClO2/c1-3-25-22(29)28-21-26-12-15(13-27-21)10-17-7-8-18(30-2)19(20(17)23)16-6-4-5-14(9-16)11-24;1-25-16-6-5-15(8-13-10-23-19(22)24-11-13)18(20)17(16)14-4-2-3-12(7-14)9-21;1-21-14-7-6-13(10-23-17(20)22-2)16(18)15(14)12-5-3-4-11(8-12)9-19;1-19-13-6-5-12(9-18)15(16)14(13)11-4-2-3-10(7-11)8-17;1-9(2)10(3,4)16-11(15-9)7-5-13-8(12)14-6-7;1-2-4-5-3-1;1-2-4-3-5;1-5-2(3)4/h4-9,12-13H,3,10H2,1-2H3,(H2,25,26,27,28,29);2-7,10-11H,8H2,1H3,(H2,22,23,24);3-8H,10H2,1-2H3;2-7,18H,9H2,1H3;5-6H,1-4H3,(H2,12,13,14);1-4H2;2H2,1H3;1H3. The number of nitrogens with two attached hydrogens (primary N) is 2.